The van der Waals surface area contributed by atoms with Crippen molar-refractivity contribution < 1.29 is 4.79 Å². The molecule has 1 saturated heterocycles. The summed E-state index contributed by atoms with van der Waals surface area (Å²) in [6.45, 7) is 4.07. The highest BCUT2D eigenvalue weighted by molar-refractivity contribution is 5.94. The van der Waals surface area contributed by atoms with Gasteiger partial charge in [0.2, 0.25) is 0 Å². The van der Waals surface area contributed by atoms with E-state index in [0.717, 1.165) is 30.5 Å². The first-order chi connectivity index (χ1) is 12.8. The van der Waals surface area contributed by atoms with Gasteiger partial charge in [-0.2, -0.15) is 0 Å². The molecule has 0 atom stereocenters. The number of hydrogen-bond donors (Lipinski definition) is 1. The zero-order chi connectivity index (χ0) is 17.8. The van der Waals surface area contributed by atoms with Crippen molar-refractivity contribution >= 4 is 5.91 Å². The van der Waals surface area contributed by atoms with Crippen LogP contribution in [0, 0.1) is 0 Å². The predicted molar refractivity (Wildman–Crippen MR) is 105 cm³/mol. The van der Waals surface area contributed by atoms with Gasteiger partial charge >= 0.3 is 0 Å². The molecule has 0 bridgehead atoms. The molecule has 136 valence electrons. The fourth-order valence-electron chi connectivity index (χ4n) is 4.12. The average molecular weight is 348 g/mol. The van der Waals surface area contributed by atoms with Crippen molar-refractivity contribution in [3.8, 4) is 0 Å². The molecule has 1 amide bonds. The van der Waals surface area contributed by atoms with Gasteiger partial charge in [-0.25, -0.2) is 0 Å². The second kappa shape index (κ2) is 8.05. The zero-order valence-corrected chi connectivity index (χ0v) is 15.5. The van der Waals surface area contributed by atoms with Gasteiger partial charge in [-0.15, -0.1) is 0 Å². The van der Waals surface area contributed by atoms with E-state index in [1.54, 1.807) is 0 Å². The Morgan fingerprint density at radius 1 is 0.846 bits per heavy atom. The van der Waals surface area contributed by atoms with E-state index in [4.69, 9.17) is 0 Å². The highest BCUT2D eigenvalue weighted by Crippen LogP contribution is 2.22. The Hall–Kier alpha value is -2.13. The van der Waals surface area contributed by atoms with Crippen molar-refractivity contribution in [2.24, 2.45) is 0 Å². The molecule has 1 fully saturated rings. The van der Waals surface area contributed by atoms with E-state index in [-0.39, 0.29) is 5.91 Å². The molecule has 4 rings (SSSR count). The first-order valence-corrected chi connectivity index (χ1v) is 9.98. The van der Waals surface area contributed by atoms with Gasteiger partial charge in [0.15, 0.2) is 0 Å². The first kappa shape index (κ1) is 17.3. The fourth-order valence-corrected chi connectivity index (χ4v) is 4.12. The number of carbonyl (C=O) groups excluding carboxylic acids is 1. The molecule has 26 heavy (non-hydrogen) atoms. The molecular weight excluding hydrogens is 320 g/mol. The number of benzene rings is 2. The number of nitrogens with zero attached hydrogens (tertiary/aromatic N) is 1. The molecule has 1 aliphatic carbocycles. The molecule has 0 unspecified atom stereocenters. The van der Waals surface area contributed by atoms with Gasteiger partial charge in [0.05, 0.1) is 0 Å². The van der Waals surface area contributed by atoms with Crippen LogP contribution in [-0.4, -0.2) is 23.9 Å². The molecule has 0 spiro atoms. The number of fused-ring (bicyclic) bond motifs is 1. The van der Waals surface area contributed by atoms with Gasteiger partial charge in [-0.3, -0.25) is 9.69 Å². The Bertz CT molecular complexity index is 760. The lowest BCUT2D eigenvalue weighted by atomic mass is 9.90. The van der Waals surface area contributed by atoms with E-state index in [9.17, 15) is 4.79 Å². The molecule has 2 aromatic rings. The van der Waals surface area contributed by atoms with E-state index >= 15 is 0 Å². The number of hydrogen-bond acceptors (Lipinski definition) is 2. The third kappa shape index (κ3) is 4.16. The summed E-state index contributed by atoms with van der Waals surface area (Å²) >= 11 is 0. The van der Waals surface area contributed by atoms with Gasteiger partial charge in [-0.1, -0.05) is 30.3 Å². The monoisotopic (exact) mass is 348 g/mol. The largest absolute Gasteiger partial charge is 0.348 e. The summed E-state index contributed by atoms with van der Waals surface area (Å²) in [7, 11) is 0. The minimum atomic E-state index is 0.0273. The van der Waals surface area contributed by atoms with Crippen LogP contribution in [0.3, 0.4) is 0 Å². The smallest absolute Gasteiger partial charge is 0.251 e. The van der Waals surface area contributed by atoms with Gasteiger partial charge in [-0.05, 0) is 86.0 Å². The Morgan fingerprint density at radius 2 is 1.54 bits per heavy atom. The highest BCUT2D eigenvalue weighted by Gasteiger charge is 2.13. The van der Waals surface area contributed by atoms with Gasteiger partial charge in [0.1, 0.15) is 0 Å². The molecule has 1 heterocycles. The number of amides is 1. The second-order valence-electron chi connectivity index (χ2n) is 7.67. The molecule has 0 aromatic heterocycles. The van der Waals surface area contributed by atoms with E-state index in [2.05, 4.69) is 46.6 Å². The quantitative estimate of drug-likeness (QED) is 0.883. The Kier molecular flexibility index (Phi) is 5.35. The van der Waals surface area contributed by atoms with Gasteiger partial charge in [0, 0.05) is 18.7 Å². The summed E-state index contributed by atoms with van der Waals surface area (Å²) in [6.07, 6.45) is 7.42. The first-order valence-electron chi connectivity index (χ1n) is 9.98. The molecular formula is C23H28N2O. The van der Waals surface area contributed by atoms with Crippen LogP contribution in [0.1, 0.15) is 58.3 Å². The molecule has 0 saturated carbocycles. The van der Waals surface area contributed by atoms with Crippen molar-refractivity contribution in [3.63, 3.8) is 0 Å². The maximum Gasteiger partial charge on any atom is 0.251 e. The third-order valence-corrected chi connectivity index (χ3v) is 5.69. The van der Waals surface area contributed by atoms with Crippen molar-refractivity contribution in [1.29, 1.82) is 0 Å². The summed E-state index contributed by atoms with van der Waals surface area (Å²) in [5.41, 5.74) is 6.08. The van der Waals surface area contributed by atoms with Crippen LogP contribution in [-0.2, 0) is 25.9 Å². The normalized spacial score (nSPS) is 17.1. The van der Waals surface area contributed by atoms with E-state index < -0.39 is 0 Å². The zero-order valence-electron chi connectivity index (χ0n) is 15.5. The standard InChI is InChI=1S/C23H28N2O/c26-23(22-12-11-20-5-1-2-6-21(20)15-22)24-16-18-7-9-19(10-8-18)17-25-13-3-4-14-25/h7-12,15H,1-6,13-14,16-17H2,(H,24,26). The van der Waals surface area contributed by atoms with Gasteiger partial charge < -0.3 is 5.32 Å². The summed E-state index contributed by atoms with van der Waals surface area (Å²) in [5.74, 6) is 0.0273. The van der Waals surface area contributed by atoms with Crippen LogP contribution >= 0.6 is 0 Å². The maximum absolute atomic E-state index is 12.5. The van der Waals surface area contributed by atoms with Crippen LogP contribution in [0.5, 0.6) is 0 Å². The average Bonchev–Trinajstić information content (AvgIpc) is 3.20. The molecule has 3 nitrogen and oxygen atoms in total. The van der Waals surface area contributed by atoms with Crippen LogP contribution < -0.4 is 5.32 Å². The lowest BCUT2D eigenvalue weighted by Gasteiger charge is -2.16. The molecule has 3 heteroatoms. The van der Waals surface area contributed by atoms with Crippen molar-refractivity contribution in [2.75, 3.05) is 13.1 Å². The Morgan fingerprint density at radius 3 is 2.31 bits per heavy atom. The fraction of sp³-hybridized carbons (Fsp3) is 0.435. The number of likely N-dealkylation sites (tertiary alicyclic amines) is 1. The van der Waals surface area contributed by atoms with Crippen molar-refractivity contribution in [3.05, 3.63) is 70.3 Å². The van der Waals surface area contributed by atoms with E-state index in [1.807, 2.05) is 6.07 Å². The second-order valence-corrected chi connectivity index (χ2v) is 7.67. The summed E-state index contributed by atoms with van der Waals surface area (Å²) < 4.78 is 0. The summed E-state index contributed by atoms with van der Waals surface area (Å²) in [4.78, 5) is 15.0. The summed E-state index contributed by atoms with van der Waals surface area (Å²) in [5, 5.41) is 3.07. The summed E-state index contributed by atoms with van der Waals surface area (Å²) in [6, 6.07) is 14.9. The van der Waals surface area contributed by atoms with Gasteiger partial charge in [0.25, 0.3) is 5.91 Å². The van der Waals surface area contributed by atoms with Crippen LogP contribution in [0.15, 0.2) is 42.5 Å². The van der Waals surface area contributed by atoms with E-state index in [0.29, 0.717) is 6.54 Å². The third-order valence-electron chi connectivity index (χ3n) is 5.69. The number of aryl methyl sites for hydroxylation is 2. The molecule has 1 N–H and O–H groups in total. The van der Waals surface area contributed by atoms with Crippen LogP contribution in [0.2, 0.25) is 0 Å². The molecule has 2 aliphatic rings. The highest BCUT2D eigenvalue weighted by atomic mass is 16.1. The molecule has 0 radical (unpaired) electrons. The minimum absolute atomic E-state index is 0.0273. The SMILES string of the molecule is O=C(NCc1ccc(CN2CCCC2)cc1)c1ccc2c(c1)CCCC2. The van der Waals surface area contributed by atoms with Crippen LogP contribution in [0.4, 0.5) is 0 Å². The number of rotatable bonds is 5. The molecule has 2 aromatic carbocycles. The molecule has 1 aliphatic heterocycles. The lowest BCUT2D eigenvalue weighted by molar-refractivity contribution is 0.0951. The Labute approximate surface area is 156 Å². The number of carbonyl (C=O) groups is 1. The van der Waals surface area contributed by atoms with Crippen molar-refractivity contribution in [2.45, 2.75) is 51.6 Å². The minimum Gasteiger partial charge on any atom is -0.348 e. The van der Waals surface area contributed by atoms with Crippen LogP contribution in [0.25, 0.3) is 0 Å². The predicted octanol–water partition coefficient (Wildman–Crippen LogP) is 4.09. The van der Waals surface area contributed by atoms with Crippen molar-refractivity contribution in [1.82, 2.24) is 10.2 Å². The lowest BCUT2D eigenvalue weighted by Crippen LogP contribution is -2.23. The Balaban J connectivity index is 1.32. The maximum atomic E-state index is 12.5. The number of nitrogens with one attached hydrogen (secondary N) is 1. The van der Waals surface area contributed by atoms with E-state index in [1.165, 1.54) is 55.5 Å². The topological polar surface area (TPSA) is 32.3 Å².